The zero-order chi connectivity index (χ0) is 19.9. The standard InChI is InChI=1S/C18H15ClN4O4S/c1-26-17-12(3-2-11-9-27-10-11)7-21-18(22-17)23-8-16(28(20,24)25)14-5-4-13(19)6-15(14)23/h4-8,11H,9-10H2,1H3,(H2,20,24,25). The lowest BCUT2D eigenvalue weighted by Crippen LogP contribution is -2.25. The number of sulfonamides is 1. The van der Waals surface area contributed by atoms with E-state index in [1.54, 1.807) is 18.2 Å². The summed E-state index contributed by atoms with van der Waals surface area (Å²) in [4.78, 5) is 8.64. The fourth-order valence-electron chi connectivity index (χ4n) is 2.77. The van der Waals surface area contributed by atoms with Gasteiger partial charge in [0.25, 0.3) is 0 Å². The molecule has 2 N–H and O–H groups in total. The van der Waals surface area contributed by atoms with E-state index in [4.69, 9.17) is 26.2 Å². The van der Waals surface area contributed by atoms with Gasteiger partial charge in [0.1, 0.15) is 10.5 Å². The Balaban J connectivity index is 1.85. The molecule has 0 radical (unpaired) electrons. The summed E-state index contributed by atoms with van der Waals surface area (Å²) in [5, 5.41) is 6.21. The normalized spacial score (nSPS) is 14.4. The van der Waals surface area contributed by atoms with Crippen LogP contribution in [0.4, 0.5) is 0 Å². The summed E-state index contributed by atoms with van der Waals surface area (Å²) in [5.74, 6) is 6.74. The van der Waals surface area contributed by atoms with Gasteiger partial charge in [-0.3, -0.25) is 4.57 Å². The average Bonchev–Trinajstić information content (AvgIpc) is 2.99. The molecule has 1 aliphatic heterocycles. The highest BCUT2D eigenvalue weighted by molar-refractivity contribution is 7.89. The number of nitrogens with zero attached hydrogens (tertiary/aromatic N) is 3. The van der Waals surface area contributed by atoms with E-state index in [0.717, 1.165) is 0 Å². The van der Waals surface area contributed by atoms with E-state index < -0.39 is 10.0 Å². The maximum absolute atomic E-state index is 12.0. The van der Waals surface area contributed by atoms with E-state index in [2.05, 4.69) is 21.8 Å². The second-order valence-electron chi connectivity index (χ2n) is 6.17. The van der Waals surface area contributed by atoms with E-state index in [1.165, 1.54) is 24.1 Å². The van der Waals surface area contributed by atoms with Crippen molar-refractivity contribution in [2.24, 2.45) is 11.1 Å². The number of primary sulfonamides is 1. The van der Waals surface area contributed by atoms with Crippen molar-refractivity contribution in [3.8, 4) is 23.7 Å². The fraction of sp³-hybridized carbons (Fsp3) is 0.222. The molecule has 4 rings (SSSR count). The Hall–Kier alpha value is -2.64. The molecule has 1 fully saturated rings. The predicted octanol–water partition coefficient (Wildman–Crippen LogP) is 1.73. The van der Waals surface area contributed by atoms with Crippen LogP contribution in [0.3, 0.4) is 0 Å². The van der Waals surface area contributed by atoms with E-state index in [1.807, 2.05) is 0 Å². The van der Waals surface area contributed by atoms with E-state index in [0.29, 0.717) is 34.7 Å². The number of methoxy groups -OCH3 is 1. The maximum atomic E-state index is 12.0. The first-order chi connectivity index (χ1) is 13.4. The van der Waals surface area contributed by atoms with Gasteiger partial charge in [-0.05, 0) is 18.2 Å². The molecule has 144 valence electrons. The molecule has 10 heteroatoms. The van der Waals surface area contributed by atoms with Crippen LogP contribution >= 0.6 is 11.6 Å². The van der Waals surface area contributed by atoms with Crippen molar-refractivity contribution < 1.29 is 17.9 Å². The highest BCUT2D eigenvalue weighted by Crippen LogP contribution is 2.29. The minimum atomic E-state index is -3.95. The number of hydrogen-bond acceptors (Lipinski definition) is 6. The summed E-state index contributed by atoms with van der Waals surface area (Å²) < 4.78 is 35.9. The van der Waals surface area contributed by atoms with Gasteiger partial charge < -0.3 is 9.47 Å². The van der Waals surface area contributed by atoms with Crippen LogP contribution in [0.1, 0.15) is 5.56 Å². The number of fused-ring (bicyclic) bond motifs is 1. The molecule has 2 aromatic heterocycles. The Morgan fingerprint density at radius 3 is 2.82 bits per heavy atom. The molecule has 0 saturated carbocycles. The van der Waals surface area contributed by atoms with Gasteiger partial charge in [0.05, 0.1) is 38.0 Å². The molecule has 0 amide bonds. The fourth-order valence-corrected chi connectivity index (χ4v) is 3.67. The van der Waals surface area contributed by atoms with Crippen LogP contribution in [0.5, 0.6) is 5.88 Å². The van der Waals surface area contributed by atoms with Gasteiger partial charge >= 0.3 is 0 Å². The first-order valence-corrected chi connectivity index (χ1v) is 10.1. The first-order valence-electron chi connectivity index (χ1n) is 8.21. The maximum Gasteiger partial charge on any atom is 0.240 e. The van der Waals surface area contributed by atoms with Crippen LogP contribution in [0.25, 0.3) is 16.9 Å². The predicted molar refractivity (Wildman–Crippen MR) is 103 cm³/mol. The molecule has 8 nitrogen and oxygen atoms in total. The summed E-state index contributed by atoms with van der Waals surface area (Å²) in [5.41, 5.74) is 1.03. The number of rotatable bonds is 3. The lowest BCUT2D eigenvalue weighted by molar-refractivity contribution is -0.00300. The van der Waals surface area contributed by atoms with Gasteiger partial charge in [0.2, 0.25) is 21.9 Å². The number of nitrogens with two attached hydrogens (primary N) is 1. The smallest absolute Gasteiger partial charge is 0.240 e. The van der Waals surface area contributed by atoms with Crippen LogP contribution in [0.2, 0.25) is 5.02 Å². The zero-order valence-corrected chi connectivity index (χ0v) is 16.3. The Morgan fingerprint density at radius 2 is 2.18 bits per heavy atom. The molecule has 0 spiro atoms. The van der Waals surface area contributed by atoms with Gasteiger partial charge in [-0.15, -0.1) is 0 Å². The van der Waals surface area contributed by atoms with Crippen molar-refractivity contribution in [3.05, 3.63) is 41.2 Å². The van der Waals surface area contributed by atoms with Crippen molar-refractivity contribution in [2.75, 3.05) is 20.3 Å². The summed E-state index contributed by atoms with van der Waals surface area (Å²) in [7, 11) is -2.48. The van der Waals surface area contributed by atoms with Crippen molar-refractivity contribution in [1.29, 1.82) is 0 Å². The number of ether oxygens (including phenoxy) is 2. The zero-order valence-electron chi connectivity index (χ0n) is 14.7. The summed E-state index contributed by atoms with van der Waals surface area (Å²) in [6.07, 6.45) is 2.89. The summed E-state index contributed by atoms with van der Waals surface area (Å²) in [6, 6.07) is 4.80. The van der Waals surface area contributed by atoms with Crippen LogP contribution in [0.15, 0.2) is 35.5 Å². The molecule has 3 aromatic rings. The summed E-state index contributed by atoms with van der Waals surface area (Å²) in [6.45, 7) is 1.22. The van der Waals surface area contributed by atoms with E-state index in [-0.39, 0.29) is 22.6 Å². The Labute approximate surface area is 166 Å². The monoisotopic (exact) mass is 418 g/mol. The third-order valence-corrected chi connectivity index (χ3v) is 5.41. The largest absolute Gasteiger partial charge is 0.480 e. The summed E-state index contributed by atoms with van der Waals surface area (Å²) >= 11 is 6.09. The number of halogens is 1. The van der Waals surface area contributed by atoms with Crippen LogP contribution < -0.4 is 9.88 Å². The molecule has 0 unspecified atom stereocenters. The molecule has 0 aliphatic carbocycles. The lowest BCUT2D eigenvalue weighted by Gasteiger charge is -2.20. The van der Waals surface area contributed by atoms with Crippen molar-refractivity contribution in [2.45, 2.75) is 4.90 Å². The molecule has 1 saturated heterocycles. The van der Waals surface area contributed by atoms with E-state index >= 15 is 0 Å². The number of benzene rings is 1. The van der Waals surface area contributed by atoms with Gasteiger partial charge in [-0.1, -0.05) is 23.4 Å². The molecule has 1 aliphatic rings. The quantitative estimate of drug-likeness (QED) is 0.649. The molecule has 0 bridgehead atoms. The van der Waals surface area contributed by atoms with Gasteiger partial charge in [-0.2, -0.15) is 4.98 Å². The molecular formula is C18H15ClN4O4S. The first kappa shape index (κ1) is 18.7. The number of aromatic nitrogens is 3. The Morgan fingerprint density at radius 1 is 1.39 bits per heavy atom. The third kappa shape index (κ3) is 3.43. The van der Waals surface area contributed by atoms with E-state index in [9.17, 15) is 8.42 Å². The Bertz CT molecular complexity index is 1240. The van der Waals surface area contributed by atoms with Crippen LogP contribution in [-0.2, 0) is 14.8 Å². The van der Waals surface area contributed by atoms with Crippen molar-refractivity contribution in [1.82, 2.24) is 14.5 Å². The van der Waals surface area contributed by atoms with Crippen molar-refractivity contribution >= 4 is 32.5 Å². The molecular weight excluding hydrogens is 404 g/mol. The minimum absolute atomic E-state index is 0.0458. The Kier molecular flexibility index (Phi) is 4.72. The average molecular weight is 419 g/mol. The number of hydrogen-bond donors (Lipinski definition) is 1. The highest BCUT2D eigenvalue weighted by Gasteiger charge is 2.20. The third-order valence-electron chi connectivity index (χ3n) is 4.24. The van der Waals surface area contributed by atoms with Gasteiger partial charge in [0.15, 0.2) is 0 Å². The molecule has 1 aromatic carbocycles. The SMILES string of the molecule is COc1nc(-n2cc(S(N)(=O)=O)c3ccc(Cl)cc32)ncc1C#CC1COC1. The molecule has 28 heavy (non-hydrogen) atoms. The second-order valence-corrected chi connectivity index (χ2v) is 8.13. The highest BCUT2D eigenvalue weighted by atomic mass is 35.5. The molecule has 3 heterocycles. The van der Waals surface area contributed by atoms with Crippen LogP contribution in [-0.4, -0.2) is 43.3 Å². The lowest BCUT2D eigenvalue weighted by atomic mass is 10.1. The second kappa shape index (κ2) is 7.07. The van der Waals surface area contributed by atoms with Crippen molar-refractivity contribution in [3.63, 3.8) is 0 Å². The van der Waals surface area contributed by atoms with Gasteiger partial charge in [0, 0.05) is 16.6 Å². The van der Waals surface area contributed by atoms with Crippen LogP contribution in [0, 0.1) is 17.8 Å². The molecule has 0 atom stereocenters. The van der Waals surface area contributed by atoms with Gasteiger partial charge in [-0.25, -0.2) is 18.5 Å². The topological polar surface area (TPSA) is 109 Å². The minimum Gasteiger partial charge on any atom is -0.480 e.